The molecule has 5 rings (SSSR count). The predicted octanol–water partition coefficient (Wildman–Crippen LogP) is 3.56. The molecular weight excluding hydrogens is 462 g/mol. The zero-order valence-electron chi connectivity index (χ0n) is 19.7. The van der Waals surface area contributed by atoms with E-state index in [2.05, 4.69) is 15.2 Å². The average Bonchev–Trinajstić information content (AvgIpc) is 3.36. The Kier molecular flexibility index (Phi) is 6.71. The quantitative estimate of drug-likeness (QED) is 0.564. The van der Waals surface area contributed by atoms with E-state index < -0.39 is 16.1 Å². The molecule has 1 aliphatic carbocycles. The van der Waals surface area contributed by atoms with E-state index in [-0.39, 0.29) is 10.8 Å². The van der Waals surface area contributed by atoms with Crippen molar-refractivity contribution >= 4 is 15.9 Å². The molecule has 2 aromatic carbocycles. The third-order valence-corrected chi connectivity index (χ3v) is 8.36. The maximum Gasteiger partial charge on any atom is 0.248 e. The normalized spacial score (nSPS) is 21.3. The zero-order valence-corrected chi connectivity index (χ0v) is 20.5. The Labute approximate surface area is 206 Å². The van der Waals surface area contributed by atoms with Crippen LogP contribution in [0.2, 0.25) is 0 Å². The molecule has 2 N–H and O–H groups in total. The van der Waals surface area contributed by atoms with Crippen molar-refractivity contribution in [3.63, 3.8) is 0 Å². The molecule has 184 valence electrons. The van der Waals surface area contributed by atoms with Crippen molar-refractivity contribution in [2.45, 2.75) is 61.9 Å². The Morgan fingerprint density at radius 1 is 1.00 bits per heavy atom. The Hall–Kier alpha value is -3.04. The van der Waals surface area contributed by atoms with Crippen LogP contribution in [-0.4, -0.2) is 46.8 Å². The standard InChI is InChI=1S/C26H31N5O3S/c27-35(33,34)22-14-12-21(13-15-22)25-18-28-29-31(25)24(17-19-7-2-1-3-8-19)26(32)30-16-6-10-20-9-4-5-11-23(20)30/h1-3,7-8,12-15,18,20,23-24H,4-6,9-11,16-17H2,(H2,27,33,34)/t20?,23?,24-/m0/s1. The second kappa shape index (κ2) is 9.91. The molecule has 2 unspecified atom stereocenters. The number of nitrogens with two attached hydrogens (primary N) is 1. The van der Waals surface area contributed by atoms with Crippen LogP contribution < -0.4 is 5.14 Å². The summed E-state index contributed by atoms with van der Waals surface area (Å²) in [6.07, 6.45) is 9.02. The lowest BCUT2D eigenvalue weighted by Crippen LogP contribution is -2.52. The van der Waals surface area contributed by atoms with Gasteiger partial charge in [0.15, 0.2) is 0 Å². The van der Waals surface area contributed by atoms with Crippen molar-refractivity contribution in [3.05, 3.63) is 66.4 Å². The molecule has 1 saturated heterocycles. The topological polar surface area (TPSA) is 111 Å². The second-order valence-electron chi connectivity index (χ2n) is 9.62. The number of hydrogen-bond acceptors (Lipinski definition) is 5. The number of carbonyl (C=O) groups excluding carboxylic acids is 1. The molecule has 35 heavy (non-hydrogen) atoms. The van der Waals surface area contributed by atoms with E-state index >= 15 is 0 Å². The van der Waals surface area contributed by atoms with Crippen LogP contribution in [0.1, 0.15) is 50.1 Å². The molecule has 2 fully saturated rings. The first-order chi connectivity index (χ1) is 16.9. The summed E-state index contributed by atoms with van der Waals surface area (Å²) in [6, 6.07) is 16.0. The van der Waals surface area contributed by atoms with E-state index in [1.165, 1.54) is 37.8 Å². The highest BCUT2D eigenvalue weighted by molar-refractivity contribution is 7.89. The monoisotopic (exact) mass is 493 g/mol. The first kappa shape index (κ1) is 23.7. The van der Waals surface area contributed by atoms with E-state index in [0.29, 0.717) is 24.1 Å². The van der Waals surface area contributed by atoms with Gasteiger partial charge in [-0.15, -0.1) is 5.10 Å². The predicted molar refractivity (Wildman–Crippen MR) is 133 cm³/mol. The largest absolute Gasteiger partial charge is 0.338 e. The molecule has 2 aliphatic rings. The number of hydrogen-bond donors (Lipinski definition) is 1. The summed E-state index contributed by atoms with van der Waals surface area (Å²) < 4.78 is 25.1. The van der Waals surface area contributed by atoms with Crippen molar-refractivity contribution in [3.8, 4) is 11.3 Å². The maximum atomic E-state index is 14.2. The SMILES string of the molecule is NS(=O)(=O)c1ccc(-c2cnnn2[C@@H](Cc2ccccc2)C(=O)N2CCCC3CCCCC32)cc1. The van der Waals surface area contributed by atoms with Crippen molar-refractivity contribution in [2.75, 3.05) is 6.54 Å². The number of sulfonamides is 1. The van der Waals surface area contributed by atoms with E-state index in [9.17, 15) is 13.2 Å². The molecule has 8 nitrogen and oxygen atoms in total. The second-order valence-corrected chi connectivity index (χ2v) is 11.2. The van der Waals surface area contributed by atoms with Crippen molar-refractivity contribution < 1.29 is 13.2 Å². The Balaban J connectivity index is 1.51. The lowest BCUT2D eigenvalue weighted by Gasteiger charge is -2.45. The van der Waals surface area contributed by atoms with Gasteiger partial charge in [0.25, 0.3) is 0 Å². The minimum atomic E-state index is -3.79. The number of benzene rings is 2. The first-order valence-corrected chi connectivity index (χ1v) is 13.8. The highest BCUT2D eigenvalue weighted by Gasteiger charge is 2.39. The molecule has 1 saturated carbocycles. The summed E-state index contributed by atoms with van der Waals surface area (Å²) in [6.45, 7) is 0.776. The molecule has 2 heterocycles. The van der Waals surface area contributed by atoms with Gasteiger partial charge in [0.05, 0.1) is 16.8 Å². The minimum Gasteiger partial charge on any atom is -0.338 e. The molecule has 0 spiro atoms. The van der Waals surface area contributed by atoms with Gasteiger partial charge in [0.1, 0.15) is 6.04 Å². The van der Waals surface area contributed by atoms with Gasteiger partial charge in [-0.3, -0.25) is 4.79 Å². The summed E-state index contributed by atoms with van der Waals surface area (Å²) in [5.74, 6) is 0.665. The summed E-state index contributed by atoms with van der Waals surface area (Å²) >= 11 is 0. The fraction of sp³-hybridized carbons (Fsp3) is 0.423. The van der Waals surface area contributed by atoms with E-state index in [0.717, 1.165) is 30.5 Å². The summed E-state index contributed by atoms with van der Waals surface area (Å²) in [4.78, 5) is 16.3. The number of amides is 1. The van der Waals surface area contributed by atoms with Gasteiger partial charge in [-0.05, 0) is 49.3 Å². The van der Waals surface area contributed by atoms with Gasteiger partial charge in [-0.1, -0.05) is 60.5 Å². The number of nitrogens with zero attached hydrogens (tertiary/aromatic N) is 4. The molecular formula is C26H31N5O3S. The van der Waals surface area contributed by atoms with Crippen molar-refractivity contribution in [2.24, 2.45) is 11.1 Å². The van der Waals surface area contributed by atoms with E-state index in [1.54, 1.807) is 23.0 Å². The maximum absolute atomic E-state index is 14.2. The van der Waals surface area contributed by atoms with Crippen LogP contribution in [0.3, 0.4) is 0 Å². The smallest absolute Gasteiger partial charge is 0.248 e. The van der Waals surface area contributed by atoms with Gasteiger partial charge < -0.3 is 4.90 Å². The number of carbonyl (C=O) groups is 1. The fourth-order valence-corrected chi connectivity index (χ4v) is 6.22. The average molecular weight is 494 g/mol. The molecule has 0 radical (unpaired) electrons. The lowest BCUT2D eigenvalue weighted by molar-refractivity contribution is -0.141. The Morgan fingerprint density at radius 3 is 2.46 bits per heavy atom. The number of piperidine rings is 1. The minimum absolute atomic E-state index is 0.0360. The molecule has 1 aliphatic heterocycles. The zero-order chi connectivity index (χ0) is 24.4. The van der Waals surface area contributed by atoms with E-state index in [1.807, 2.05) is 30.3 Å². The van der Waals surface area contributed by atoms with Gasteiger partial charge in [-0.25, -0.2) is 18.2 Å². The van der Waals surface area contributed by atoms with Gasteiger partial charge in [0, 0.05) is 24.6 Å². The highest BCUT2D eigenvalue weighted by atomic mass is 32.2. The van der Waals surface area contributed by atoms with Crippen LogP contribution in [0.25, 0.3) is 11.3 Å². The van der Waals surface area contributed by atoms with Crippen LogP contribution >= 0.6 is 0 Å². The van der Waals surface area contributed by atoms with Crippen LogP contribution in [0, 0.1) is 5.92 Å². The first-order valence-electron chi connectivity index (χ1n) is 12.3. The van der Waals surface area contributed by atoms with Gasteiger partial charge in [0.2, 0.25) is 15.9 Å². The highest BCUT2D eigenvalue weighted by Crippen LogP contribution is 2.37. The van der Waals surface area contributed by atoms with E-state index in [4.69, 9.17) is 5.14 Å². The summed E-state index contributed by atoms with van der Waals surface area (Å²) in [5, 5.41) is 13.8. The molecule has 3 aromatic rings. The third kappa shape index (κ3) is 5.01. The number of aromatic nitrogens is 3. The Morgan fingerprint density at radius 2 is 1.71 bits per heavy atom. The van der Waals surface area contributed by atoms with Crippen molar-refractivity contribution in [1.29, 1.82) is 0 Å². The molecule has 1 aromatic heterocycles. The van der Waals surface area contributed by atoms with Crippen LogP contribution in [0.4, 0.5) is 0 Å². The van der Waals surface area contributed by atoms with Crippen molar-refractivity contribution in [1.82, 2.24) is 19.9 Å². The number of primary sulfonamides is 1. The van der Waals surface area contributed by atoms with Gasteiger partial charge in [-0.2, -0.15) is 0 Å². The lowest BCUT2D eigenvalue weighted by atomic mass is 9.78. The van der Waals surface area contributed by atoms with Gasteiger partial charge >= 0.3 is 0 Å². The number of likely N-dealkylation sites (tertiary alicyclic amines) is 1. The fourth-order valence-electron chi connectivity index (χ4n) is 5.70. The van der Waals surface area contributed by atoms with Crippen LogP contribution in [0.15, 0.2) is 65.7 Å². The van der Waals surface area contributed by atoms with Crippen LogP contribution in [0.5, 0.6) is 0 Å². The summed E-state index contributed by atoms with van der Waals surface area (Å²) in [7, 11) is -3.79. The molecule has 1 amide bonds. The Bertz CT molecular complexity index is 1270. The van der Waals surface area contributed by atoms with Crippen LogP contribution in [-0.2, 0) is 21.2 Å². The molecule has 0 bridgehead atoms. The summed E-state index contributed by atoms with van der Waals surface area (Å²) in [5.41, 5.74) is 2.44. The third-order valence-electron chi connectivity index (χ3n) is 7.43. The number of rotatable bonds is 6. The number of fused-ring (bicyclic) bond motifs is 1. The molecule has 9 heteroatoms. The molecule has 3 atom stereocenters.